The second-order valence-corrected chi connectivity index (χ2v) is 5.29. The van der Waals surface area contributed by atoms with Gasteiger partial charge in [0.15, 0.2) is 0 Å². The van der Waals surface area contributed by atoms with Gasteiger partial charge in [-0.25, -0.2) is 9.18 Å². The van der Waals surface area contributed by atoms with Crippen molar-refractivity contribution in [2.75, 3.05) is 18.4 Å². The lowest BCUT2D eigenvalue weighted by molar-refractivity contribution is 0.156. The molecule has 1 saturated heterocycles. The van der Waals surface area contributed by atoms with Crippen LogP contribution in [0.25, 0.3) is 0 Å². The SMILES string of the molecule is C[C@@H]1C[C@H](C)CN(C(=O)Nc2ccc(F)cc2)C1. The Bertz CT molecular complexity index is 408. The molecule has 98 valence electrons. The molecule has 2 amide bonds. The van der Waals surface area contributed by atoms with Crippen LogP contribution in [0.5, 0.6) is 0 Å². The van der Waals surface area contributed by atoms with Crippen molar-refractivity contribution < 1.29 is 9.18 Å². The fourth-order valence-corrected chi connectivity index (χ4v) is 2.56. The molecular formula is C14H19FN2O. The summed E-state index contributed by atoms with van der Waals surface area (Å²) in [5.41, 5.74) is 0.632. The van der Waals surface area contributed by atoms with Crippen molar-refractivity contribution in [3.8, 4) is 0 Å². The third-order valence-corrected chi connectivity index (χ3v) is 3.25. The van der Waals surface area contributed by atoms with Crippen molar-refractivity contribution in [1.29, 1.82) is 0 Å². The van der Waals surface area contributed by atoms with Gasteiger partial charge in [0.2, 0.25) is 0 Å². The van der Waals surface area contributed by atoms with Crippen LogP contribution in [0.2, 0.25) is 0 Å². The third kappa shape index (κ3) is 3.22. The molecule has 1 N–H and O–H groups in total. The van der Waals surface area contributed by atoms with E-state index in [-0.39, 0.29) is 11.8 Å². The standard InChI is InChI=1S/C14H19FN2O/c1-10-7-11(2)9-17(8-10)14(18)16-13-5-3-12(15)4-6-13/h3-6,10-11H,7-9H2,1-2H3,(H,16,18)/t10-,11+. The summed E-state index contributed by atoms with van der Waals surface area (Å²) in [6.07, 6.45) is 1.17. The van der Waals surface area contributed by atoms with Crippen LogP contribution in [-0.2, 0) is 0 Å². The highest BCUT2D eigenvalue weighted by Crippen LogP contribution is 2.21. The van der Waals surface area contributed by atoms with Gasteiger partial charge >= 0.3 is 6.03 Å². The van der Waals surface area contributed by atoms with Crippen molar-refractivity contribution in [2.24, 2.45) is 11.8 Å². The lowest BCUT2D eigenvalue weighted by Gasteiger charge is -2.34. The number of hydrogen-bond acceptors (Lipinski definition) is 1. The minimum Gasteiger partial charge on any atom is -0.324 e. The first-order valence-corrected chi connectivity index (χ1v) is 6.36. The van der Waals surface area contributed by atoms with Gasteiger partial charge in [-0.2, -0.15) is 0 Å². The smallest absolute Gasteiger partial charge is 0.321 e. The molecule has 0 saturated carbocycles. The zero-order valence-corrected chi connectivity index (χ0v) is 10.8. The van der Waals surface area contributed by atoms with E-state index in [2.05, 4.69) is 19.2 Å². The number of nitrogens with one attached hydrogen (secondary N) is 1. The first-order chi connectivity index (χ1) is 8.54. The number of halogens is 1. The van der Waals surface area contributed by atoms with Gasteiger partial charge in [0.1, 0.15) is 5.82 Å². The van der Waals surface area contributed by atoms with E-state index in [1.165, 1.54) is 18.6 Å². The van der Waals surface area contributed by atoms with E-state index in [0.717, 1.165) is 13.1 Å². The molecule has 0 bridgehead atoms. The van der Waals surface area contributed by atoms with Gasteiger partial charge in [-0.15, -0.1) is 0 Å². The van der Waals surface area contributed by atoms with Crippen LogP contribution in [0.4, 0.5) is 14.9 Å². The minimum atomic E-state index is -0.298. The Morgan fingerprint density at radius 3 is 2.33 bits per heavy atom. The molecule has 4 heteroatoms. The number of amides is 2. The summed E-state index contributed by atoms with van der Waals surface area (Å²) >= 11 is 0. The number of carbonyl (C=O) groups is 1. The monoisotopic (exact) mass is 250 g/mol. The van der Waals surface area contributed by atoms with E-state index in [1.54, 1.807) is 12.1 Å². The maximum Gasteiger partial charge on any atom is 0.321 e. The first kappa shape index (κ1) is 12.9. The zero-order valence-electron chi connectivity index (χ0n) is 10.8. The van der Waals surface area contributed by atoms with Crippen molar-refractivity contribution >= 4 is 11.7 Å². The molecule has 1 fully saturated rings. The lowest BCUT2D eigenvalue weighted by atomic mass is 9.92. The van der Waals surface area contributed by atoms with E-state index in [9.17, 15) is 9.18 Å². The summed E-state index contributed by atoms with van der Waals surface area (Å²) in [5, 5.41) is 2.80. The van der Waals surface area contributed by atoms with Crippen LogP contribution in [0, 0.1) is 17.7 Å². The van der Waals surface area contributed by atoms with Crippen molar-refractivity contribution in [2.45, 2.75) is 20.3 Å². The Labute approximate surface area is 107 Å². The molecule has 0 unspecified atom stereocenters. The molecule has 1 heterocycles. The van der Waals surface area contributed by atoms with E-state index >= 15 is 0 Å². The fourth-order valence-electron chi connectivity index (χ4n) is 2.56. The summed E-state index contributed by atoms with van der Waals surface area (Å²) in [6.45, 7) is 5.90. The Morgan fingerprint density at radius 1 is 1.22 bits per heavy atom. The number of rotatable bonds is 1. The van der Waals surface area contributed by atoms with Crippen LogP contribution < -0.4 is 5.32 Å². The van der Waals surface area contributed by atoms with E-state index in [0.29, 0.717) is 17.5 Å². The Balaban J connectivity index is 1.97. The molecule has 2 rings (SSSR count). The number of benzene rings is 1. The van der Waals surface area contributed by atoms with Crippen LogP contribution in [-0.4, -0.2) is 24.0 Å². The highest BCUT2D eigenvalue weighted by atomic mass is 19.1. The van der Waals surface area contributed by atoms with Gasteiger partial charge in [-0.05, 0) is 42.5 Å². The quantitative estimate of drug-likeness (QED) is 0.814. The van der Waals surface area contributed by atoms with Crippen LogP contribution in [0.1, 0.15) is 20.3 Å². The highest BCUT2D eigenvalue weighted by molar-refractivity contribution is 5.89. The Morgan fingerprint density at radius 2 is 1.78 bits per heavy atom. The maximum absolute atomic E-state index is 12.8. The molecular weight excluding hydrogens is 231 g/mol. The molecule has 1 aliphatic rings. The number of anilines is 1. The average molecular weight is 250 g/mol. The summed E-state index contributed by atoms with van der Waals surface area (Å²) in [6, 6.07) is 5.74. The number of carbonyl (C=O) groups excluding carboxylic acids is 1. The fraction of sp³-hybridized carbons (Fsp3) is 0.500. The molecule has 1 aliphatic heterocycles. The van der Waals surface area contributed by atoms with Crippen LogP contribution in [0.3, 0.4) is 0 Å². The van der Waals surface area contributed by atoms with Crippen molar-refractivity contribution in [1.82, 2.24) is 4.90 Å². The van der Waals surface area contributed by atoms with Gasteiger partial charge in [0.05, 0.1) is 0 Å². The van der Waals surface area contributed by atoms with Gasteiger partial charge in [-0.1, -0.05) is 13.8 Å². The maximum atomic E-state index is 12.8. The van der Waals surface area contributed by atoms with Gasteiger partial charge in [-0.3, -0.25) is 0 Å². The number of piperidine rings is 1. The summed E-state index contributed by atoms with van der Waals surface area (Å²) in [4.78, 5) is 13.9. The van der Waals surface area contributed by atoms with Gasteiger partial charge < -0.3 is 10.2 Å². The summed E-state index contributed by atoms with van der Waals surface area (Å²) in [5.74, 6) is 0.772. The first-order valence-electron chi connectivity index (χ1n) is 6.36. The van der Waals surface area contributed by atoms with E-state index < -0.39 is 0 Å². The predicted molar refractivity (Wildman–Crippen MR) is 69.9 cm³/mol. The second-order valence-electron chi connectivity index (χ2n) is 5.29. The molecule has 1 aromatic rings. The average Bonchev–Trinajstić information content (AvgIpc) is 2.31. The molecule has 18 heavy (non-hydrogen) atoms. The predicted octanol–water partition coefficient (Wildman–Crippen LogP) is 3.34. The van der Waals surface area contributed by atoms with E-state index in [1.807, 2.05) is 4.90 Å². The number of likely N-dealkylation sites (tertiary alicyclic amines) is 1. The minimum absolute atomic E-state index is 0.0972. The van der Waals surface area contributed by atoms with Gasteiger partial charge in [0, 0.05) is 18.8 Å². The molecule has 0 aromatic heterocycles. The third-order valence-electron chi connectivity index (χ3n) is 3.25. The van der Waals surface area contributed by atoms with Crippen LogP contribution in [0.15, 0.2) is 24.3 Å². The number of urea groups is 1. The molecule has 2 atom stereocenters. The van der Waals surface area contributed by atoms with E-state index in [4.69, 9.17) is 0 Å². The molecule has 0 aliphatic carbocycles. The Kier molecular flexibility index (Phi) is 3.84. The molecule has 0 spiro atoms. The topological polar surface area (TPSA) is 32.3 Å². The molecule has 3 nitrogen and oxygen atoms in total. The molecule has 0 radical (unpaired) electrons. The zero-order chi connectivity index (χ0) is 13.1. The van der Waals surface area contributed by atoms with Crippen molar-refractivity contribution in [3.63, 3.8) is 0 Å². The lowest BCUT2D eigenvalue weighted by Crippen LogP contribution is -2.44. The van der Waals surface area contributed by atoms with Crippen molar-refractivity contribution in [3.05, 3.63) is 30.1 Å². The van der Waals surface area contributed by atoms with Crippen LogP contribution >= 0.6 is 0 Å². The largest absolute Gasteiger partial charge is 0.324 e. The second kappa shape index (κ2) is 5.38. The summed E-state index contributed by atoms with van der Waals surface area (Å²) < 4.78 is 12.8. The number of nitrogens with zero attached hydrogens (tertiary/aromatic N) is 1. The Hall–Kier alpha value is -1.58. The highest BCUT2D eigenvalue weighted by Gasteiger charge is 2.25. The summed E-state index contributed by atoms with van der Waals surface area (Å²) in [7, 11) is 0. The molecule has 1 aromatic carbocycles. The number of hydrogen-bond donors (Lipinski definition) is 1. The normalized spacial score (nSPS) is 23.8. The van der Waals surface area contributed by atoms with Gasteiger partial charge in [0.25, 0.3) is 0 Å².